The van der Waals surface area contributed by atoms with E-state index in [1.165, 1.54) is 0 Å². The van der Waals surface area contributed by atoms with Crippen LogP contribution >= 0.6 is 0 Å². The molecule has 1 fully saturated rings. The number of nitrogens with zero attached hydrogens (tertiary/aromatic N) is 1. The molecule has 1 aliphatic rings. The van der Waals surface area contributed by atoms with E-state index in [9.17, 15) is 4.79 Å². The summed E-state index contributed by atoms with van der Waals surface area (Å²) in [6.07, 6.45) is 3.18. The van der Waals surface area contributed by atoms with Crippen molar-refractivity contribution in [3.05, 3.63) is 29.3 Å². The average Bonchev–Trinajstić information content (AvgIpc) is 2.49. The molecule has 21 heavy (non-hydrogen) atoms. The number of nitrogens with one attached hydrogen (secondary N) is 1. The molecule has 2 rings (SSSR count). The van der Waals surface area contributed by atoms with Gasteiger partial charge in [-0.25, -0.2) is 0 Å². The third kappa shape index (κ3) is 3.86. The number of benzene rings is 1. The first-order chi connectivity index (χ1) is 10.1. The molecular weight excluding hydrogens is 260 g/mol. The van der Waals surface area contributed by atoms with E-state index < -0.39 is 0 Å². The van der Waals surface area contributed by atoms with E-state index in [0.717, 1.165) is 42.6 Å². The number of para-hydroxylation sites is 1. The molecule has 0 aromatic heterocycles. The van der Waals surface area contributed by atoms with E-state index in [4.69, 9.17) is 0 Å². The molecule has 0 bridgehead atoms. The van der Waals surface area contributed by atoms with Crippen molar-refractivity contribution in [1.29, 1.82) is 0 Å². The van der Waals surface area contributed by atoms with Crippen LogP contribution in [-0.2, 0) is 4.79 Å². The first-order valence-electron chi connectivity index (χ1n) is 7.64. The minimum absolute atomic E-state index is 0.0568. The largest absolute Gasteiger partial charge is 0.324 e. The molecule has 1 N–H and O–H groups in total. The van der Waals surface area contributed by atoms with Crippen LogP contribution in [0.15, 0.2) is 18.2 Å². The van der Waals surface area contributed by atoms with Gasteiger partial charge in [0.25, 0.3) is 0 Å². The Bertz CT molecular complexity index is 548. The Morgan fingerprint density at radius 1 is 1.33 bits per heavy atom. The Morgan fingerprint density at radius 3 is 2.71 bits per heavy atom. The van der Waals surface area contributed by atoms with E-state index >= 15 is 0 Å². The van der Waals surface area contributed by atoms with Gasteiger partial charge >= 0.3 is 0 Å². The molecule has 0 saturated carbocycles. The zero-order valence-electron chi connectivity index (χ0n) is 13.2. The van der Waals surface area contributed by atoms with Crippen molar-refractivity contribution in [3.8, 4) is 11.8 Å². The van der Waals surface area contributed by atoms with E-state index in [0.29, 0.717) is 6.54 Å². The molecular formula is C18H24N2O. The summed E-state index contributed by atoms with van der Waals surface area (Å²) >= 11 is 0. The van der Waals surface area contributed by atoms with Crippen molar-refractivity contribution in [3.63, 3.8) is 0 Å². The molecule has 1 heterocycles. The molecule has 1 aromatic rings. The third-order valence-electron chi connectivity index (χ3n) is 4.10. The summed E-state index contributed by atoms with van der Waals surface area (Å²) in [4.78, 5) is 14.8. The Kier molecular flexibility index (Phi) is 5.41. The highest BCUT2D eigenvalue weighted by molar-refractivity contribution is 5.96. The SMILES string of the molecule is CC#CCN1CCCCC1C(=O)Nc1c(C)cccc1C. The molecule has 3 nitrogen and oxygen atoms in total. The van der Waals surface area contributed by atoms with Gasteiger partial charge in [0, 0.05) is 5.69 Å². The van der Waals surface area contributed by atoms with Gasteiger partial charge in [0.1, 0.15) is 0 Å². The molecule has 3 heteroatoms. The summed E-state index contributed by atoms with van der Waals surface area (Å²) < 4.78 is 0. The minimum atomic E-state index is -0.0568. The highest BCUT2D eigenvalue weighted by Gasteiger charge is 2.28. The molecule has 1 unspecified atom stereocenters. The fourth-order valence-corrected chi connectivity index (χ4v) is 2.88. The summed E-state index contributed by atoms with van der Waals surface area (Å²) in [5.74, 6) is 6.11. The van der Waals surface area contributed by atoms with Gasteiger partial charge in [0.05, 0.1) is 12.6 Å². The second kappa shape index (κ2) is 7.28. The quantitative estimate of drug-likeness (QED) is 0.865. The van der Waals surface area contributed by atoms with Crippen molar-refractivity contribution in [2.45, 2.75) is 46.1 Å². The Morgan fingerprint density at radius 2 is 2.05 bits per heavy atom. The molecule has 1 aromatic carbocycles. The van der Waals surface area contributed by atoms with Gasteiger partial charge in [-0.05, 0) is 51.3 Å². The summed E-state index contributed by atoms with van der Waals surface area (Å²) in [5, 5.41) is 3.13. The van der Waals surface area contributed by atoms with Crippen LogP contribution in [0.25, 0.3) is 0 Å². The molecule has 0 aliphatic carbocycles. The van der Waals surface area contributed by atoms with Crippen LogP contribution in [-0.4, -0.2) is 29.9 Å². The van der Waals surface area contributed by atoms with Crippen molar-refractivity contribution >= 4 is 11.6 Å². The lowest BCUT2D eigenvalue weighted by molar-refractivity contribution is -0.122. The third-order valence-corrected chi connectivity index (χ3v) is 4.10. The maximum absolute atomic E-state index is 12.6. The lowest BCUT2D eigenvalue weighted by Gasteiger charge is -2.33. The highest BCUT2D eigenvalue weighted by atomic mass is 16.2. The zero-order chi connectivity index (χ0) is 15.2. The summed E-state index contributed by atoms with van der Waals surface area (Å²) in [5.41, 5.74) is 3.17. The molecule has 1 aliphatic heterocycles. The van der Waals surface area contributed by atoms with Crippen molar-refractivity contribution < 1.29 is 4.79 Å². The number of carbonyl (C=O) groups is 1. The smallest absolute Gasteiger partial charge is 0.241 e. The molecule has 112 valence electrons. The maximum Gasteiger partial charge on any atom is 0.241 e. The van der Waals surface area contributed by atoms with Crippen LogP contribution in [0.2, 0.25) is 0 Å². The fourth-order valence-electron chi connectivity index (χ4n) is 2.88. The van der Waals surface area contributed by atoms with E-state index in [1.807, 2.05) is 39.0 Å². The van der Waals surface area contributed by atoms with Crippen LogP contribution in [0.3, 0.4) is 0 Å². The zero-order valence-corrected chi connectivity index (χ0v) is 13.2. The lowest BCUT2D eigenvalue weighted by Crippen LogP contribution is -2.47. The van der Waals surface area contributed by atoms with Crippen LogP contribution in [0.5, 0.6) is 0 Å². The van der Waals surface area contributed by atoms with Gasteiger partial charge in [-0.2, -0.15) is 0 Å². The van der Waals surface area contributed by atoms with E-state index in [1.54, 1.807) is 0 Å². The normalized spacial score (nSPS) is 18.7. The fraction of sp³-hybridized carbons (Fsp3) is 0.500. The highest BCUT2D eigenvalue weighted by Crippen LogP contribution is 2.22. The van der Waals surface area contributed by atoms with Gasteiger partial charge < -0.3 is 5.32 Å². The number of piperidine rings is 1. The number of likely N-dealkylation sites (tertiary alicyclic amines) is 1. The molecule has 1 saturated heterocycles. The molecule has 1 amide bonds. The Hall–Kier alpha value is -1.79. The monoisotopic (exact) mass is 284 g/mol. The molecule has 0 spiro atoms. The summed E-state index contributed by atoms with van der Waals surface area (Å²) in [7, 11) is 0. The number of anilines is 1. The molecule has 0 radical (unpaired) electrons. The number of rotatable bonds is 3. The number of amides is 1. The minimum Gasteiger partial charge on any atom is -0.324 e. The number of hydrogen-bond acceptors (Lipinski definition) is 2. The number of aryl methyl sites for hydroxylation is 2. The number of hydrogen-bond donors (Lipinski definition) is 1. The van der Waals surface area contributed by atoms with Crippen LogP contribution in [0, 0.1) is 25.7 Å². The first-order valence-corrected chi connectivity index (χ1v) is 7.64. The van der Waals surface area contributed by atoms with Gasteiger partial charge in [0.2, 0.25) is 5.91 Å². The average molecular weight is 284 g/mol. The number of carbonyl (C=O) groups excluding carboxylic acids is 1. The van der Waals surface area contributed by atoms with Gasteiger partial charge in [-0.15, -0.1) is 5.92 Å². The maximum atomic E-state index is 12.6. The predicted octanol–water partition coefficient (Wildman–Crippen LogP) is 3.12. The van der Waals surface area contributed by atoms with Crippen molar-refractivity contribution in [1.82, 2.24) is 4.90 Å². The Balaban J connectivity index is 2.11. The predicted molar refractivity (Wildman–Crippen MR) is 87.2 cm³/mol. The topological polar surface area (TPSA) is 32.3 Å². The van der Waals surface area contributed by atoms with Crippen molar-refractivity contribution in [2.75, 3.05) is 18.4 Å². The summed E-state index contributed by atoms with van der Waals surface area (Å²) in [6, 6.07) is 6.02. The van der Waals surface area contributed by atoms with Crippen LogP contribution < -0.4 is 5.32 Å². The second-order valence-corrected chi connectivity index (χ2v) is 5.66. The van der Waals surface area contributed by atoms with E-state index in [2.05, 4.69) is 22.1 Å². The van der Waals surface area contributed by atoms with Gasteiger partial charge in [0.15, 0.2) is 0 Å². The first kappa shape index (κ1) is 15.6. The van der Waals surface area contributed by atoms with Gasteiger partial charge in [-0.3, -0.25) is 9.69 Å². The van der Waals surface area contributed by atoms with Crippen molar-refractivity contribution in [2.24, 2.45) is 0 Å². The molecule has 1 atom stereocenters. The van der Waals surface area contributed by atoms with Crippen LogP contribution in [0.1, 0.15) is 37.3 Å². The standard InChI is InChI=1S/C18H24N2O/c1-4-5-12-20-13-7-6-11-16(20)18(21)19-17-14(2)9-8-10-15(17)3/h8-10,16H,6-7,11-13H2,1-3H3,(H,19,21). The van der Waals surface area contributed by atoms with E-state index in [-0.39, 0.29) is 11.9 Å². The summed E-state index contributed by atoms with van der Waals surface area (Å²) in [6.45, 7) is 7.55. The lowest BCUT2D eigenvalue weighted by atomic mass is 10.0. The Labute approximate surface area is 127 Å². The second-order valence-electron chi connectivity index (χ2n) is 5.66. The van der Waals surface area contributed by atoms with Gasteiger partial charge in [-0.1, -0.05) is 30.5 Å². The van der Waals surface area contributed by atoms with Crippen LogP contribution in [0.4, 0.5) is 5.69 Å².